The molecule has 0 atom stereocenters. The molecule has 0 radical (unpaired) electrons. The third-order valence-corrected chi connectivity index (χ3v) is 7.90. The van der Waals surface area contributed by atoms with Crippen LogP contribution in [-0.4, -0.2) is 34.2 Å². The van der Waals surface area contributed by atoms with Crippen LogP contribution >= 0.6 is 23.1 Å². The fourth-order valence-corrected chi connectivity index (χ4v) is 5.62. The van der Waals surface area contributed by atoms with Gasteiger partial charge in [0, 0.05) is 18.7 Å². The predicted molar refractivity (Wildman–Crippen MR) is 155 cm³/mol. The number of thioether (sulfide) groups is 1. The summed E-state index contributed by atoms with van der Waals surface area (Å²) in [6.45, 7) is 0.320. The number of alkyl halides is 3. The molecule has 4 aromatic rings. The Morgan fingerprint density at radius 2 is 1.76 bits per heavy atom. The normalized spacial score (nSPS) is 11.4. The van der Waals surface area contributed by atoms with Crippen molar-refractivity contribution < 1.29 is 27.5 Å². The lowest BCUT2D eigenvalue weighted by molar-refractivity contribution is -0.137. The Kier molecular flexibility index (Phi) is 10.1. The van der Waals surface area contributed by atoms with Crippen molar-refractivity contribution in [3.05, 3.63) is 75.9 Å². The molecular formula is C28H27F3N4O4S2. The van der Waals surface area contributed by atoms with Gasteiger partial charge in [-0.25, -0.2) is 4.98 Å². The number of amides is 2. The molecule has 0 aliphatic carbocycles. The molecule has 41 heavy (non-hydrogen) atoms. The largest absolute Gasteiger partial charge is 0.497 e. The van der Waals surface area contributed by atoms with E-state index in [0.29, 0.717) is 59.0 Å². The highest BCUT2D eigenvalue weighted by molar-refractivity contribution is 7.99. The van der Waals surface area contributed by atoms with Crippen LogP contribution < -0.4 is 20.9 Å². The van der Waals surface area contributed by atoms with E-state index in [9.17, 15) is 27.6 Å². The first-order valence-corrected chi connectivity index (χ1v) is 14.5. The molecular weight excluding hydrogens is 577 g/mol. The van der Waals surface area contributed by atoms with Gasteiger partial charge in [0.1, 0.15) is 10.4 Å². The van der Waals surface area contributed by atoms with E-state index in [-0.39, 0.29) is 22.9 Å². The summed E-state index contributed by atoms with van der Waals surface area (Å²) < 4.78 is 46.9. The van der Waals surface area contributed by atoms with Gasteiger partial charge >= 0.3 is 6.18 Å². The van der Waals surface area contributed by atoms with E-state index in [1.165, 1.54) is 34.1 Å². The molecule has 0 saturated heterocycles. The van der Waals surface area contributed by atoms with Crippen molar-refractivity contribution in [2.45, 2.75) is 43.6 Å². The first-order chi connectivity index (χ1) is 19.7. The third-order valence-electron chi connectivity index (χ3n) is 6.03. The number of nitrogens with zero attached hydrogens (tertiary/aromatic N) is 2. The summed E-state index contributed by atoms with van der Waals surface area (Å²) in [7, 11) is 1.57. The van der Waals surface area contributed by atoms with E-state index in [4.69, 9.17) is 4.74 Å². The Labute approximate surface area is 241 Å². The second-order valence-electron chi connectivity index (χ2n) is 8.95. The number of aromatic nitrogens is 2. The molecule has 0 fully saturated rings. The van der Waals surface area contributed by atoms with Gasteiger partial charge in [-0.1, -0.05) is 30.3 Å². The van der Waals surface area contributed by atoms with Gasteiger partial charge in [0.25, 0.3) is 5.56 Å². The van der Waals surface area contributed by atoms with Crippen molar-refractivity contribution in [3.8, 4) is 5.75 Å². The average Bonchev–Trinajstić information content (AvgIpc) is 3.42. The Bertz CT molecular complexity index is 1570. The molecule has 0 saturated carbocycles. The summed E-state index contributed by atoms with van der Waals surface area (Å²) in [6, 6.07) is 13.5. The van der Waals surface area contributed by atoms with Crippen LogP contribution in [0.4, 0.5) is 24.5 Å². The minimum Gasteiger partial charge on any atom is -0.497 e. The average molecular weight is 605 g/mol. The summed E-state index contributed by atoms with van der Waals surface area (Å²) in [5.74, 6) is -0.317. The number of rotatable bonds is 12. The smallest absolute Gasteiger partial charge is 0.418 e. The molecule has 0 unspecified atom stereocenters. The monoisotopic (exact) mass is 604 g/mol. The molecule has 0 aliphatic rings. The molecule has 216 valence electrons. The summed E-state index contributed by atoms with van der Waals surface area (Å²) in [5.41, 5.74) is -0.347. The number of carbonyl (C=O) groups excluding carboxylic acids is 2. The number of para-hydroxylation sites is 1. The van der Waals surface area contributed by atoms with Crippen molar-refractivity contribution in [1.82, 2.24) is 9.55 Å². The Morgan fingerprint density at radius 3 is 2.49 bits per heavy atom. The van der Waals surface area contributed by atoms with Gasteiger partial charge in [-0.05, 0) is 60.7 Å². The summed E-state index contributed by atoms with van der Waals surface area (Å²) in [6.07, 6.45) is -2.44. The van der Waals surface area contributed by atoms with E-state index in [1.54, 1.807) is 42.8 Å². The zero-order chi connectivity index (χ0) is 29.4. The van der Waals surface area contributed by atoms with Crippen LogP contribution in [0.15, 0.2) is 69.9 Å². The van der Waals surface area contributed by atoms with Gasteiger partial charge in [0.15, 0.2) is 5.16 Å². The molecule has 4 rings (SSSR count). The van der Waals surface area contributed by atoms with Gasteiger partial charge in [-0.2, -0.15) is 13.2 Å². The fraction of sp³-hybridized carbons (Fsp3) is 0.286. The number of methoxy groups -OCH3 is 1. The van der Waals surface area contributed by atoms with Gasteiger partial charge in [-0.3, -0.25) is 19.0 Å². The maximum atomic E-state index is 13.3. The van der Waals surface area contributed by atoms with Crippen LogP contribution in [0, 0.1) is 0 Å². The van der Waals surface area contributed by atoms with Crippen LogP contribution in [-0.2, 0) is 22.3 Å². The number of anilines is 2. The first-order valence-electron chi connectivity index (χ1n) is 12.7. The second-order valence-corrected chi connectivity index (χ2v) is 10.8. The summed E-state index contributed by atoms with van der Waals surface area (Å²) in [5, 5.41) is 7.19. The molecule has 2 amide bonds. The summed E-state index contributed by atoms with van der Waals surface area (Å²) >= 11 is 2.25. The number of unbranched alkanes of at least 4 members (excludes halogenated alkanes) is 2. The number of nitrogens with one attached hydrogen (secondary N) is 2. The number of carbonyl (C=O) groups is 2. The molecule has 8 nitrogen and oxygen atoms in total. The lowest BCUT2D eigenvalue weighted by Crippen LogP contribution is -2.24. The summed E-state index contributed by atoms with van der Waals surface area (Å²) in [4.78, 5) is 42.5. The van der Waals surface area contributed by atoms with Crippen LogP contribution in [0.25, 0.3) is 10.2 Å². The van der Waals surface area contributed by atoms with Crippen molar-refractivity contribution in [1.29, 1.82) is 0 Å². The number of hydrogen-bond acceptors (Lipinski definition) is 7. The van der Waals surface area contributed by atoms with Crippen molar-refractivity contribution >= 4 is 56.5 Å². The number of hydrogen-bond donors (Lipinski definition) is 2. The number of ether oxygens (including phenoxy) is 1. The van der Waals surface area contributed by atoms with Gasteiger partial charge < -0.3 is 15.4 Å². The van der Waals surface area contributed by atoms with Gasteiger partial charge in [0.2, 0.25) is 11.8 Å². The number of halogens is 3. The zero-order valence-corrected chi connectivity index (χ0v) is 23.6. The van der Waals surface area contributed by atoms with Crippen LogP contribution in [0.2, 0.25) is 0 Å². The molecule has 13 heteroatoms. The van der Waals surface area contributed by atoms with E-state index in [2.05, 4.69) is 15.6 Å². The SMILES string of the molecule is COc1ccc(NC(=O)CCCCCn2c(SCC(=O)Nc3ccccc3C(F)(F)F)nc3ccsc3c2=O)cc1. The molecule has 2 aromatic carbocycles. The van der Waals surface area contributed by atoms with E-state index < -0.39 is 17.6 Å². The minimum absolute atomic E-state index is 0.122. The fourth-order valence-electron chi connectivity index (χ4n) is 4.02. The topological polar surface area (TPSA) is 102 Å². The maximum absolute atomic E-state index is 13.3. The highest BCUT2D eigenvalue weighted by Crippen LogP contribution is 2.34. The maximum Gasteiger partial charge on any atom is 0.418 e. The molecule has 0 aliphatic heterocycles. The minimum atomic E-state index is -4.61. The van der Waals surface area contributed by atoms with Gasteiger partial charge in [-0.15, -0.1) is 11.3 Å². The molecule has 0 bridgehead atoms. The Balaban J connectivity index is 1.34. The number of thiophene rings is 1. The van der Waals surface area contributed by atoms with Crippen molar-refractivity contribution in [3.63, 3.8) is 0 Å². The number of benzene rings is 2. The van der Waals surface area contributed by atoms with Crippen LogP contribution in [0.3, 0.4) is 0 Å². The van der Waals surface area contributed by atoms with Crippen LogP contribution in [0.1, 0.15) is 31.2 Å². The molecule has 2 heterocycles. The van der Waals surface area contributed by atoms with E-state index in [1.807, 2.05) is 0 Å². The predicted octanol–water partition coefficient (Wildman–Crippen LogP) is 6.42. The number of fused-ring (bicyclic) bond motifs is 1. The molecule has 0 spiro atoms. The van der Waals surface area contributed by atoms with Crippen molar-refractivity contribution in [2.75, 3.05) is 23.5 Å². The quantitative estimate of drug-likeness (QED) is 0.110. The zero-order valence-electron chi connectivity index (χ0n) is 22.0. The Morgan fingerprint density at radius 1 is 1.00 bits per heavy atom. The highest BCUT2D eigenvalue weighted by Gasteiger charge is 2.33. The van der Waals surface area contributed by atoms with Gasteiger partial charge in [0.05, 0.1) is 29.6 Å². The van der Waals surface area contributed by atoms with E-state index in [0.717, 1.165) is 17.8 Å². The first kappa shape index (κ1) is 30.1. The van der Waals surface area contributed by atoms with Crippen molar-refractivity contribution in [2.24, 2.45) is 0 Å². The molecule has 2 aromatic heterocycles. The lowest BCUT2D eigenvalue weighted by atomic mass is 10.1. The lowest BCUT2D eigenvalue weighted by Gasteiger charge is -2.14. The Hall–Kier alpha value is -3.84. The molecule has 2 N–H and O–H groups in total. The second kappa shape index (κ2) is 13.7. The van der Waals surface area contributed by atoms with E-state index >= 15 is 0 Å². The van der Waals surface area contributed by atoms with Crippen LogP contribution in [0.5, 0.6) is 5.75 Å². The standard InChI is InChI=1S/C28H27F3N4O4S2/c1-39-19-12-10-18(11-13-19)32-23(36)9-3-2-6-15-35-26(38)25-22(14-16-40-25)34-27(35)41-17-24(37)33-21-8-5-4-7-20(21)28(29,30)31/h4-5,7-8,10-14,16H,2-3,6,9,15,17H2,1H3,(H,32,36)(H,33,37). The highest BCUT2D eigenvalue weighted by atomic mass is 32.2. The third kappa shape index (κ3) is 8.10.